The van der Waals surface area contributed by atoms with Crippen LogP contribution in [0, 0.1) is 0 Å². The fraction of sp³-hybridized carbons (Fsp3) is 0. The molecule has 0 saturated heterocycles. The molecule has 1 aromatic rings. The van der Waals surface area contributed by atoms with E-state index >= 15 is 0 Å². The molecule has 0 spiro atoms. The van der Waals surface area contributed by atoms with Gasteiger partial charge < -0.3 is 4.74 Å². The molecule has 0 amide bonds. The molecule has 0 aliphatic carbocycles. The Labute approximate surface area is 51.2 Å². The Morgan fingerprint density at radius 2 is 2.22 bits per heavy atom. The lowest BCUT2D eigenvalue weighted by Crippen LogP contribution is -1.83. The molecule has 4 nitrogen and oxygen atoms in total. The molecule has 4 heteroatoms. The highest BCUT2D eigenvalue weighted by atomic mass is 16.5. The molecular weight excluding hydrogens is 118 g/mol. The number of ether oxygens (including phenoxy) is 1. The average Bonchev–Trinajstić information content (AvgIpc) is 2.33. The van der Waals surface area contributed by atoms with E-state index in [4.69, 9.17) is 4.74 Å². The minimum atomic E-state index is 0.671. The van der Waals surface area contributed by atoms with Crippen molar-refractivity contribution in [2.24, 2.45) is 0 Å². The highest BCUT2D eigenvalue weighted by Crippen LogP contribution is 2.21. The molecule has 0 bridgehead atoms. The van der Waals surface area contributed by atoms with Gasteiger partial charge in [-0.15, -0.1) is 0 Å². The third-order valence-electron chi connectivity index (χ3n) is 1.05. The molecule has 0 aromatic carbocycles. The molecule has 0 saturated carbocycles. The first-order valence-corrected chi connectivity index (χ1v) is 2.47. The van der Waals surface area contributed by atoms with Gasteiger partial charge in [-0.1, -0.05) is 0 Å². The van der Waals surface area contributed by atoms with Gasteiger partial charge >= 0.3 is 12.1 Å². The summed E-state index contributed by atoms with van der Waals surface area (Å²) in [7, 11) is 0. The summed E-state index contributed by atoms with van der Waals surface area (Å²) >= 11 is 0. The Morgan fingerprint density at radius 3 is 3.11 bits per heavy atom. The molecule has 2 rings (SSSR count). The van der Waals surface area contributed by atoms with Crippen molar-refractivity contribution in [3.8, 4) is 5.75 Å². The molecule has 1 radical (unpaired) electrons. The van der Waals surface area contributed by atoms with Gasteiger partial charge in [0.25, 0.3) is 0 Å². The molecule has 1 aromatic heterocycles. The molecular formula is C5H3N3O+. The maximum atomic E-state index is 4.90. The second kappa shape index (κ2) is 1.51. The summed E-state index contributed by atoms with van der Waals surface area (Å²) in [5.74, 6) is 0.671. The number of hydrogen-bond acceptors (Lipinski definition) is 4. The van der Waals surface area contributed by atoms with Gasteiger partial charge in [0.1, 0.15) is 11.2 Å². The second-order valence-electron chi connectivity index (χ2n) is 1.59. The van der Waals surface area contributed by atoms with Crippen LogP contribution in [0.25, 0.3) is 0 Å². The van der Waals surface area contributed by atoms with Gasteiger partial charge in [-0.2, -0.15) is 10.2 Å². The summed E-state index contributed by atoms with van der Waals surface area (Å²) < 4.78 is 4.90. The predicted molar refractivity (Wildman–Crippen MR) is 30.5 cm³/mol. The molecule has 43 valence electrons. The monoisotopic (exact) mass is 121 g/mol. The molecule has 0 atom stereocenters. The normalized spacial score (nSPS) is 12.9. The summed E-state index contributed by atoms with van der Waals surface area (Å²) in [5, 5.41) is 7.21. The van der Waals surface area contributed by atoms with Crippen molar-refractivity contribution < 1.29 is 4.74 Å². The van der Waals surface area contributed by atoms with Crippen LogP contribution in [0.4, 0.5) is 5.69 Å². The van der Waals surface area contributed by atoms with Gasteiger partial charge in [0.15, 0.2) is 0 Å². The van der Waals surface area contributed by atoms with E-state index < -0.39 is 0 Å². The van der Waals surface area contributed by atoms with Crippen molar-refractivity contribution >= 4 is 12.1 Å². The molecule has 2 heterocycles. The van der Waals surface area contributed by atoms with Gasteiger partial charge in [-0.3, -0.25) is 0 Å². The van der Waals surface area contributed by atoms with Crippen molar-refractivity contribution in [1.82, 2.24) is 15.2 Å². The fourth-order valence-corrected chi connectivity index (χ4v) is 0.631. The minimum Gasteiger partial charge on any atom is -0.397 e. The van der Waals surface area contributed by atoms with E-state index in [-0.39, 0.29) is 0 Å². The lowest BCUT2D eigenvalue weighted by molar-refractivity contribution is 0.587. The van der Waals surface area contributed by atoms with Crippen molar-refractivity contribution in [3.05, 3.63) is 12.4 Å². The van der Waals surface area contributed by atoms with Crippen LogP contribution < -0.4 is 9.73 Å². The quantitative estimate of drug-likeness (QED) is 0.480. The van der Waals surface area contributed by atoms with E-state index in [1.54, 1.807) is 6.20 Å². The van der Waals surface area contributed by atoms with Crippen LogP contribution in [-0.2, 0) is 0 Å². The summed E-state index contributed by atoms with van der Waals surface area (Å²) in [6.45, 7) is 0. The summed E-state index contributed by atoms with van der Waals surface area (Å²) in [6.07, 6.45) is 4.45. The maximum Gasteiger partial charge on any atom is 0.404 e. The Hall–Kier alpha value is -1.45. The topological polar surface area (TPSA) is 49.1 Å². The van der Waals surface area contributed by atoms with Crippen LogP contribution in [0.15, 0.2) is 12.4 Å². The van der Waals surface area contributed by atoms with Gasteiger partial charge in [0.05, 0.1) is 6.20 Å². The summed E-state index contributed by atoms with van der Waals surface area (Å²) in [6, 6.07) is 0. The number of aliphatic imine (C=N–C) groups is 1. The summed E-state index contributed by atoms with van der Waals surface area (Å²) in [5.41, 5.74) is 0.741. The Bertz CT molecular complexity index is 258. The first kappa shape index (κ1) is 4.43. The molecule has 1 aliphatic rings. The smallest absolute Gasteiger partial charge is 0.397 e. The van der Waals surface area contributed by atoms with Crippen molar-refractivity contribution in [2.75, 3.05) is 0 Å². The lowest BCUT2D eigenvalue weighted by atomic mass is 10.5. The third-order valence-corrected chi connectivity index (χ3v) is 1.05. The molecule has 0 fully saturated rings. The lowest BCUT2D eigenvalue weighted by Gasteiger charge is -1.82. The zero-order chi connectivity index (χ0) is 6.10. The van der Waals surface area contributed by atoms with E-state index in [0.717, 1.165) is 5.69 Å². The van der Waals surface area contributed by atoms with Gasteiger partial charge in [0, 0.05) is 0 Å². The molecule has 0 N–H and O–H groups in total. The number of nitrogens with zero attached hydrogens (tertiary/aromatic N) is 3. The minimum absolute atomic E-state index is 0.671. The van der Waals surface area contributed by atoms with Crippen molar-refractivity contribution in [3.63, 3.8) is 0 Å². The van der Waals surface area contributed by atoms with E-state index in [1.807, 2.05) is 0 Å². The third kappa shape index (κ3) is 0.561. The van der Waals surface area contributed by atoms with Gasteiger partial charge in [-0.05, 0) is 0 Å². The zero-order valence-electron chi connectivity index (χ0n) is 4.48. The zero-order valence-corrected chi connectivity index (χ0v) is 4.48. The van der Waals surface area contributed by atoms with Crippen molar-refractivity contribution in [2.45, 2.75) is 0 Å². The molecule has 1 aliphatic heterocycles. The largest absolute Gasteiger partial charge is 0.404 e. The standard InChI is InChI=1S/C5H3N3O/c1-4-5(2-8-7-1)9-3-6-4/h1-3H/q+1. The van der Waals surface area contributed by atoms with Crippen LogP contribution in [0.2, 0.25) is 0 Å². The van der Waals surface area contributed by atoms with E-state index in [9.17, 15) is 0 Å². The highest BCUT2D eigenvalue weighted by molar-refractivity contribution is 5.67. The second-order valence-corrected chi connectivity index (χ2v) is 1.59. The molecule has 0 unspecified atom stereocenters. The van der Waals surface area contributed by atoms with E-state index in [1.165, 1.54) is 12.6 Å². The van der Waals surface area contributed by atoms with Crippen LogP contribution in [-0.4, -0.2) is 16.6 Å². The van der Waals surface area contributed by atoms with Crippen molar-refractivity contribution in [1.29, 1.82) is 0 Å². The average molecular weight is 121 g/mol. The van der Waals surface area contributed by atoms with Crippen LogP contribution in [0.5, 0.6) is 5.75 Å². The van der Waals surface area contributed by atoms with E-state index in [2.05, 4.69) is 15.2 Å². The fourth-order valence-electron chi connectivity index (χ4n) is 0.631. The van der Waals surface area contributed by atoms with Gasteiger partial charge in [0.2, 0.25) is 5.75 Å². The number of fused-ring (bicyclic) bond motifs is 1. The number of aromatic nitrogens is 2. The van der Waals surface area contributed by atoms with Crippen LogP contribution >= 0.6 is 0 Å². The number of rotatable bonds is 0. The van der Waals surface area contributed by atoms with Gasteiger partial charge in [-0.25, -0.2) is 0 Å². The molecule has 9 heavy (non-hydrogen) atoms. The van der Waals surface area contributed by atoms with Crippen LogP contribution in [0.3, 0.4) is 0 Å². The highest BCUT2D eigenvalue weighted by Gasteiger charge is 2.19. The maximum absolute atomic E-state index is 4.90. The first-order valence-electron chi connectivity index (χ1n) is 2.47. The summed E-state index contributed by atoms with van der Waals surface area (Å²) in [4.78, 5) is 3.85. The van der Waals surface area contributed by atoms with E-state index in [0.29, 0.717) is 5.75 Å². The SMILES string of the molecule is C1=[N+]c2cnncc2O1. The predicted octanol–water partition coefficient (Wildman–Crippen LogP) is -0.135. The first-order chi connectivity index (χ1) is 4.47. The Kier molecular flexibility index (Phi) is 0.745. The Morgan fingerprint density at radius 1 is 1.33 bits per heavy atom. The Balaban J connectivity index is 2.63. The number of hydrogen-bond donors (Lipinski definition) is 0. The van der Waals surface area contributed by atoms with Crippen LogP contribution in [0.1, 0.15) is 0 Å².